The molecule has 0 aromatic carbocycles. The second kappa shape index (κ2) is 8.34. The normalized spacial score (nSPS) is 9.29. The highest BCUT2D eigenvalue weighted by Gasteiger charge is 2.01. The van der Waals surface area contributed by atoms with Gasteiger partial charge in [0.2, 0.25) is 5.91 Å². The molecule has 0 atom stereocenters. The summed E-state index contributed by atoms with van der Waals surface area (Å²) >= 11 is 0. The SMILES string of the molecule is CCCNC(=O)CCNC(=O)NCC. The molecular weight excluding hydrogens is 182 g/mol. The van der Waals surface area contributed by atoms with Crippen molar-refractivity contribution < 1.29 is 9.59 Å². The number of amides is 3. The van der Waals surface area contributed by atoms with Gasteiger partial charge in [-0.25, -0.2) is 4.79 Å². The Hall–Kier alpha value is -1.26. The van der Waals surface area contributed by atoms with Gasteiger partial charge in [0.1, 0.15) is 0 Å². The van der Waals surface area contributed by atoms with Crippen molar-refractivity contribution in [2.24, 2.45) is 0 Å². The van der Waals surface area contributed by atoms with Crippen LogP contribution in [-0.2, 0) is 4.79 Å². The maximum atomic E-state index is 11.1. The van der Waals surface area contributed by atoms with E-state index in [1.807, 2.05) is 13.8 Å². The van der Waals surface area contributed by atoms with E-state index >= 15 is 0 Å². The Morgan fingerprint density at radius 2 is 1.71 bits per heavy atom. The molecule has 14 heavy (non-hydrogen) atoms. The third-order valence-corrected chi connectivity index (χ3v) is 1.55. The van der Waals surface area contributed by atoms with E-state index in [1.54, 1.807) is 0 Å². The molecular formula is C9H19N3O2. The Bertz CT molecular complexity index is 183. The Morgan fingerprint density at radius 1 is 1.00 bits per heavy atom. The molecule has 0 heterocycles. The van der Waals surface area contributed by atoms with Crippen LogP contribution in [0, 0.1) is 0 Å². The van der Waals surface area contributed by atoms with Crippen LogP contribution in [0.1, 0.15) is 26.7 Å². The van der Waals surface area contributed by atoms with Gasteiger partial charge in [0, 0.05) is 26.1 Å². The lowest BCUT2D eigenvalue weighted by Gasteiger charge is -2.05. The first-order valence-electron chi connectivity index (χ1n) is 4.99. The lowest BCUT2D eigenvalue weighted by molar-refractivity contribution is -0.120. The fourth-order valence-electron chi connectivity index (χ4n) is 0.865. The van der Waals surface area contributed by atoms with Crippen LogP contribution in [0.5, 0.6) is 0 Å². The van der Waals surface area contributed by atoms with Crippen molar-refractivity contribution in [1.82, 2.24) is 16.0 Å². The largest absolute Gasteiger partial charge is 0.356 e. The summed E-state index contributed by atoms with van der Waals surface area (Å²) in [5.74, 6) is -0.0244. The van der Waals surface area contributed by atoms with Crippen LogP contribution in [0.2, 0.25) is 0 Å². The molecule has 0 aliphatic carbocycles. The van der Waals surface area contributed by atoms with Crippen LogP contribution in [0.3, 0.4) is 0 Å². The van der Waals surface area contributed by atoms with Gasteiger partial charge in [-0.15, -0.1) is 0 Å². The zero-order valence-electron chi connectivity index (χ0n) is 8.85. The smallest absolute Gasteiger partial charge is 0.314 e. The van der Waals surface area contributed by atoms with Crippen molar-refractivity contribution in [2.75, 3.05) is 19.6 Å². The Kier molecular flexibility index (Phi) is 7.59. The molecule has 0 aliphatic rings. The minimum atomic E-state index is -0.226. The summed E-state index contributed by atoms with van der Waals surface area (Å²) in [7, 11) is 0. The summed E-state index contributed by atoms with van der Waals surface area (Å²) in [6.07, 6.45) is 1.26. The summed E-state index contributed by atoms with van der Waals surface area (Å²) in [6.45, 7) is 5.50. The molecule has 0 rings (SSSR count). The van der Waals surface area contributed by atoms with E-state index in [1.165, 1.54) is 0 Å². The van der Waals surface area contributed by atoms with E-state index in [0.29, 0.717) is 26.1 Å². The number of hydrogen-bond donors (Lipinski definition) is 3. The van der Waals surface area contributed by atoms with Gasteiger partial charge in [-0.2, -0.15) is 0 Å². The van der Waals surface area contributed by atoms with E-state index < -0.39 is 0 Å². The van der Waals surface area contributed by atoms with Crippen molar-refractivity contribution in [3.8, 4) is 0 Å². The van der Waals surface area contributed by atoms with Gasteiger partial charge in [-0.1, -0.05) is 6.92 Å². The Labute approximate surface area is 84.6 Å². The summed E-state index contributed by atoms with van der Waals surface area (Å²) in [6, 6.07) is -0.226. The van der Waals surface area contributed by atoms with E-state index in [0.717, 1.165) is 6.42 Å². The van der Waals surface area contributed by atoms with E-state index in [4.69, 9.17) is 0 Å². The molecule has 0 aromatic rings. The number of urea groups is 1. The van der Waals surface area contributed by atoms with Crippen LogP contribution in [0.25, 0.3) is 0 Å². The molecule has 0 bridgehead atoms. The summed E-state index contributed by atoms with van der Waals surface area (Å²) in [5.41, 5.74) is 0. The molecule has 82 valence electrons. The zero-order valence-corrected chi connectivity index (χ0v) is 8.85. The van der Waals surface area contributed by atoms with Crippen LogP contribution in [0.15, 0.2) is 0 Å². The van der Waals surface area contributed by atoms with Crippen molar-refractivity contribution >= 4 is 11.9 Å². The maximum absolute atomic E-state index is 11.1. The van der Waals surface area contributed by atoms with Gasteiger partial charge in [-0.3, -0.25) is 4.79 Å². The van der Waals surface area contributed by atoms with Gasteiger partial charge >= 0.3 is 6.03 Å². The molecule has 0 saturated carbocycles. The first-order valence-corrected chi connectivity index (χ1v) is 4.99. The average molecular weight is 201 g/mol. The molecule has 5 nitrogen and oxygen atoms in total. The van der Waals surface area contributed by atoms with E-state index in [2.05, 4.69) is 16.0 Å². The van der Waals surface area contributed by atoms with Crippen LogP contribution < -0.4 is 16.0 Å². The van der Waals surface area contributed by atoms with Crippen LogP contribution in [-0.4, -0.2) is 31.6 Å². The number of nitrogens with one attached hydrogen (secondary N) is 3. The molecule has 0 spiro atoms. The first kappa shape index (κ1) is 12.7. The lowest BCUT2D eigenvalue weighted by Crippen LogP contribution is -2.37. The molecule has 3 N–H and O–H groups in total. The summed E-state index contributed by atoms with van der Waals surface area (Å²) < 4.78 is 0. The van der Waals surface area contributed by atoms with Gasteiger partial charge < -0.3 is 16.0 Å². The quantitative estimate of drug-likeness (QED) is 0.575. The van der Waals surface area contributed by atoms with Crippen molar-refractivity contribution in [1.29, 1.82) is 0 Å². The predicted octanol–water partition coefficient (Wildman–Crippen LogP) is 0.222. The topological polar surface area (TPSA) is 70.2 Å². The zero-order chi connectivity index (χ0) is 10.8. The monoisotopic (exact) mass is 201 g/mol. The summed E-state index contributed by atoms with van der Waals surface area (Å²) in [5, 5.41) is 7.89. The van der Waals surface area contributed by atoms with E-state index in [9.17, 15) is 9.59 Å². The molecule has 0 radical (unpaired) electrons. The third-order valence-electron chi connectivity index (χ3n) is 1.55. The predicted molar refractivity (Wildman–Crippen MR) is 55.0 cm³/mol. The van der Waals surface area contributed by atoms with Gasteiger partial charge in [0.25, 0.3) is 0 Å². The summed E-state index contributed by atoms with van der Waals surface area (Å²) in [4.78, 5) is 21.9. The Balaban J connectivity index is 3.34. The highest BCUT2D eigenvalue weighted by molar-refractivity contribution is 5.78. The highest BCUT2D eigenvalue weighted by Crippen LogP contribution is 1.78. The minimum Gasteiger partial charge on any atom is -0.356 e. The second-order valence-electron chi connectivity index (χ2n) is 2.89. The van der Waals surface area contributed by atoms with Gasteiger partial charge in [-0.05, 0) is 13.3 Å². The second-order valence-corrected chi connectivity index (χ2v) is 2.89. The van der Waals surface area contributed by atoms with Crippen molar-refractivity contribution in [3.63, 3.8) is 0 Å². The number of carbonyl (C=O) groups is 2. The minimum absolute atomic E-state index is 0.0244. The molecule has 0 saturated heterocycles. The molecule has 0 unspecified atom stereocenters. The average Bonchev–Trinajstić information content (AvgIpc) is 2.15. The molecule has 5 heteroatoms. The maximum Gasteiger partial charge on any atom is 0.314 e. The number of rotatable bonds is 6. The standard InChI is InChI=1S/C9H19N3O2/c1-3-6-11-8(13)5-7-12-9(14)10-4-2/h3-7H2,1-2H3,(H,11,13)(H2,10,12,14). The van der Waals surface area contributed by atoms with Crippen LogP contribution >= 0.6 is 0 Å². The lowest BCUT2D eigenvalue weighted by atomic mass is 10.4. The van der Waals surface area contributed by atoms with E-state index in [-0.39, 0.29) is 11.9 Å². The highest BCUT2D eigenvalue weighted by atomic mass is 16.2. The van der Waals surface area contributed by atoms with Gasteiger partial charge in [0.05, 0.1) is 0 Å². The third kappa shape index (κ3) is 7.39. The van der Waals surface area contributed by atoms with Crippen molar-refractivity contribution in [2.45, 2.75) is 26.7 Å². The molecule has 0 aromatic heterocycles. The molecule has 3 amide bonds. The van der Waals surface area contributed by atoms with Crippen molar-refractivity contribution in [3.05, 3.63) is 0 Å². The fourth-order valence-corrected chi connectivity index (χ4v) is 0.865. The van der Waals surface area contributed by atoms with Crippen LogP contribution in [0.4, 0.5) is 4.79 Å². The number of carbonyl (C=O) groups excluding carboxylic acids is 2. The fraction of sp³-hybridized carbons (Fsp3) is 0.778. The van der Waals surface area contributed by atoms with Gasteiger partial charge in [0.15, 0.2) is 0 Å². The Morgan fingerprint density at radius 3 is 2.29 bits per heavy atom. The first-order chi connectivity index (χ1) is 6.70. The molecule has 0 aliphatic heterocycles. The number of hydrogen-bond acceptors (Lipinski definition) is 2. The molecule has 0 fully saturated rings.